The lowest BCUT2D eigenvalue weighted by molar-refractivity contribution is -0.154. The molecule has 0 spiro atoms. The van der Waals surface area contributed by atoms with Crippen LogP contribution in [0.1, 0.15) is 79.0 Å². The first-order chi connectivity index (χ1) is 9.23. The van der Waals surface area contributed by atoms with Crippen molar-refractivity contribution in [3.05, 3.63) is 34.9 Å². The number of carbonyl (C=O) groups excluding carboxylic acids is 1. The van der Waals surface area contributed by atoms with Crippen molar-refractivity contribution >= 4 is 5.97 Å². The molecule has 0 saturated heterocycles. The van der Waals surface area contributed by atoms with E-state index in [4.69, 9.17) is 4.74 Å². The van der Waals surface area contributed by atoms with Crippen molar-refractivity contribution in [2.75, 3.05) is 0 Å². The fraction of sp³-hybridized carbons (Fsp3) is 0.632. The molecule has 0 aliphatic heterocycles. The van der Waals surface area contributed by atoms with Gasteiger partial charge in [0.15, 0.2) is 0 Å². The molecule has 0 atom stereocenters. The third kappa shape index (κ3) is 4.59. The first kappa shape index (κ1) is 17.7. The zero-order valence-electron chi connectivity index (χ0n) is 15.0. The number of benzene rings is 1. The molecule has 1 aromatic rings. The Morgan fingerprint density at radius 1 is 0.762 bits per heavy atom. The Morgan fingerprint density at radius 2 is 1.10 bits per heavy atom. The molecule has 0 bridgehead atoms. The molecule has 0 radical (unpaired) electrons. The van der Waals surface area contributed by atoms with E-state index < -0.39 is 5.60 Å². The first-order valence-electron chi connectivity index (χ1n) is 7.59. The molecule has 1 rings (SSSR count). The van der Waals surface area contributed by atoms with Gasteiger partial charge in [0.1, 0.15) is 5.60 Å². The largest absolute Gasteiger partial charge is 0.455 e. The summed E-state index contributed by atoms with van der Waals surface area (Å²) in [5, 5.41) is 0. The lowest BCUT2D eigenvalue weighted by atomic mass is 9.78. The summed E-state index contributed by atoms with van der Waals surface area (Å²) in [5.74, 6) is -0.251. The van der Waals surface area contributed by atoms with Gasteiger partial charge in [-0.2, -0.15) is 0 Å². The van der Waals surface area contributed by atoms with Gasteiger partial charge in [0.2, 0.25) is 0 Å². The van der Waals surface area contributed by atoms with Crippen molar-refractivity contribution in [1.29, 1.82) is 0 Å². The molecule has 118 valence electrons. The molecule has 0 aliphatic carbocycles. The second-order valence-corrected chi connectivity index (χ2v) is 8.40. The monoisotopic (exact) mass is 290 g/mol. The molecule has 1 aromatic carbocycles. The van der Waals surface area contributed by atoms with Crippen molar-refractivity contribution in [3.8, 4) is 0 Å². The Balaban J connectivity index is 3.49. The zero-order chi connectivity index (χ0) is 16.6. The van der Waals surface area contributed by atoms with Crippen molar-refractivity contribution in [1.82, 2.24) is 0 Å². The highest BCUT2D eigenvalue weighted by molar-refractivity contribution is 5.66. The highest BCUT2D eigenvalue weighted by atomic mass is 16.6. The molecule has 0 fully saturated rings. The predicted octanol–water partition coefficient (Wildman–Crippen LogP) is 5.08. The molecule has 0 N–H and O–H groups in total. The standard InChI is InChI=1S/C19H30O2/c1-13(20)21-19(8,9)16-11-14(17(2,3)4)10-15(12-16)18(5,6)7/h10-12H,1-9H3. The minimum absolute atomic E-state index is 0.0579. The van der Waals surface area contributed by atoms with Crippen molar-refractivity contribution in [2.24, 2.45) is 0 Å². The molecule has 0 unspecified atom stereocenters. The Labute approximate surface area is 129 Å². The van der Waals surface area contributed by atoms with E-state index in [9.17, 15) is 4.79 Å². The summed E-state index contributed by atoms with van der Waals surface area (Å²) < 4.78 is 5.52. The normalized spacial score (nSPS) is 13.2. The van der Waals surface area contributed by atoms with Crippen LogP contribution in [-0.4, -0.2) is 5.97 Å². The van der Waals surface area contributed by atoms with Crippen LogP contribution in [0.4, 0.5) is 0 Å². The van der Waals surface area contributed by atoms with Crippen LogP contribution in [0.25, 0.3) is 0 Å². The molecule has 2 heteroatoms. The van der Waals surface area contributed by atoms with E-state index in [1.807, 2.05) is 13.8 Å². The Bertz CT molecular complexity index is 493. The smallest absolute Gasteiger partial charge is 0.303 e. The summed E-state index contributed by atoms with van der Waals surface area (Å²) in [6, 6.07) is 6.60. The Kier molecular flexibility index (Phi) is 4.62. The van der Waals surface area contributed by atoms with Crippen molar-refractivity contribution < 1.29 is 9.53 Å². The van der Waals surface area contributed by atoms with Crippen molar-refractivity contribution in [3.63, 3.8) is 0 Å². The van der Waals surface area contributed by atoms with Crippen LogP contribution in [-0.2, 0) is 26.0 Å². The predicted molar refractivity (Wildman–Crippen MR) is 88.6 cm³/mol. The Morgan fingerprint density at radius 3 is 1.38 bits per heavy atom. The first-order valence-corrected chi connectivity index (χ1v) is 7.59. The number of ether oxygens (including phenoxy) is 1. The maximum absolute atomic E-state index is 11.4. The van der Waals surface area contributed by atoms with Gasteiger partial charge in [0.25, 0.3) is 0 Å². The lowest BCUT2D eigenvalue weighted by Gasteiger charge is -2.31. The van der Waals surface area contributed by atoms with E-state index in [0.717, 1.165) is 5.56 Å². The van der Waals surface area contributed by atoms with E-state index in [1.54, 1.807) is 0 Å². The van der Waals surface area contributed by atoms with Gasteiger partial charge in [0, 0.05) is 6.92 Å². The van der Waals surface area contributed by atoms with Gasteiger partial charge in [-0.3, -0.25) is 4.79 Å². The van der Waals surface area contributed by atoms with E-state index in [-0.39, 0.29) is 16.8 Å². The number of esters is 1. The maximum atomic E-state index is 11.4. The second kappa shape index (κ2) is 5.47. The van der Waals surface area contributed by atoms with E-state index in [1.165, 1.54) is 18.1 Å². The van der Waals surface area contributed by atoms with Crippen molar-refractivity contribution in [2.45, 2.75) is 78.7 Å². The quantitative estimate of drug-likeness (QED) is 0.710. The summed E-state index contributed by atoms with van der Waals surface area (Å²) in [4.78, 5) is 11.4. The van der Waals surface area contributed by atoms with Crippen LogP contribution >= 0.6 is 0 Å². The summed E-state index contributed by atoms with van der Waals surface area (Å²) in [6.45, 7) is 18.6. The summed E-state index contributed by atoms with van der Waals surface area (Å²) >= 11 is 0. The number of hydrogen-bond acceptors (Lipinski definition) is 2. The van der Waals surface area contributed by atoms with Crippen LogP contribution in [0.15, 0.2) is 18.2 Å². The zero-order valence-corrected chi connectivity index (χ0v) is 15.0. The van der Waals surface area contributed by atoms with Gasteiger partial charge in [-0.15, -0.1) is 0 Å². The number of rotatable bonds is 2. The van der Waals surface area contributed by atoms with E-state index >= 15 is 0 Å². The third-order valence-electron chi connectivity index (χ3n) is 3.76. The van der Waals surface area contributed by atoms with Crippen LogP contribution in [0.3, 0.4) is 0 Å². The molecule has 0 heterocycles. The molecule has 0 amide bonds. The third-order valence-corrected chi connectivity index (χ3v) is 3.76. The van der Waals surface area contributed by atoms with Gasteiger partial charge < -0.3 is 4.74 Å². The van der Waals surface area contributed by atoms with E-state index in [2.05, 4.69) is 59.7 Å². The summed E-state index contributed by atoms with van der Waals surface area (Å²) in [6.07, 6.45) is 0. The second-order valence-electron chi connectivity index (χ2n) is 8.40. The topological polar surface area (TPSA) is 26.3 Å². The van der Waals surface area contributed by atoms with Gasteiger partial charge in [-0.25, -0.2) is 0 Å². The van der Waals surface area contributed by atoms with Gasteiger partial charge in [-0.05, 0) is 41.4 Å². The fourth-order valence-corrected chi connectivity index (χ4v) is 2.26. The van der Waals surface area contributed by atoms with Gasteiger partial charge in [0.05, 0.1) is 0 Å². The lowest BCUT2D eigenvalue weighted by Crippen LogP contribution is -2.26. The highest BCUT2D eigenvalue weighted by Gasteiger charge is 2.28. The number of hydrogen-bond donors (Lipinski definition) is 0. The fourth-order valence-electron chi connectivity index (χ4n) is 2.26. The van der Waals surface area contributed by atoms with Crippen LogP contribution in [0.5, 0.6) is 0 Å². The molecule has 2 nitrogen and oxygen atoms in total. The van der Waals surface area contributed by atoms with Crippen LogP contribution in [0, 0.1) is 0 Å². The van der Waals surface area contributed by atoms with Gasteiger partial charge >= 0.3 is 5.97 Å². The SMILES string of the molecule is CC(=O)OC(C)(C)c1cc(C(C)(C)C)cc(C(C)(C)C)c1. The minimum atomic E-state index is -0.618. The van der Waals surface area contributed by atoms with Gasteiger partial charge in [-0.1, -0.05) is 59.7 Å². The van der Waals surface area contributed by atoms with Crippen LogP contribution in [0.2, 0.25) is 0 Å². The van der Waals surface area contributed by atoms with Crippen LogP contribution < -0.4 is 0 Å². The molecule has 0 aromatic heterocycles. The molecule has 0 saturated carbocycles. The number of carbonyl (C=O) groups is 1. The molecule has 0 aliphatic rings. The molecular weight excluding hydrogens is 260 g/mol. The summed E-state index contributed by atoms with van der Waals surface area (Å²) in [5.41, 5.74) is 3.09. The summed E-state index contributed by atoms with van der Waals surface area (Å²) in [7, 11) is 0. The molecule has 21 heavy (non-hydrogen) atoms. The highest BCUT2D eigenvalue weighted by Crippen LogP contribution is 2.35. The average Bonchev–Trinajstić information content (AvgIpc) is 2.24. The van der Waals surface area contributed by atoms with E-state index in [0.29, 0.717) is 0 Å². The minimum Gasteiger partial charge on any atom is -0.455 e. The molecular formula is C19H30O2. The average molecular weight is 290 g/mol. The maximum Gasteiger partial charge on any atom is 0.303 e. The Hall–Kier alpha value is -1.31.